The van der Waals surface area contributed by atoms with Crippen LogP contribution in [0.2, 0.25) is 0 Å². The molecule has 0 aliphatic carbocycles. The number of piperidine rings is 1. The van der Waals surface area contributed by atoms with E-state index in [1.807, 2.05) is 20.8 Å². The molecule has 1 aromatic rings. The Labute approximate surface area is 183 Å². The van der Waals surface area contributed by atoms with Crippen LogP contribution < -0.4 is 4.90 Å². The number of hydrogen-bond donors (Lipinski definition) is 0. The summed E-state index contributed by atoms with van der Waals surface area (Å²) >= 11 is 0. The van der Waals surface area contributed by atoms with E-state index in [0.29, 0.717) is 31.6 Å². The van der Waals surface area contributed by atoms with Crippen LogP contribution in [0.1, 0.15) is 33.6 Å². The molecule has 2 aliphatic rings. The molecule has 2 saturated heterocycles. The molecule has 0 aromatic heterocycles. The van der Waals surface area contributed by atoms with E-state index in [1.165, 1.54) is 17.0 Å². The zero-order valence-corrected chi connectivity index (χ0v) is 19.2. The first-order valence-corrected chi connectivity index (χ1v) is 12.2. The van der Waals surface area contributed by atoms with Crippen LogP contribution >= 0.6 is 0 Å². The average Bonchev–Trinajstić information content (AvgIpc) is 3.05. The number of carbonyl (C=O) groups excluding carboxylic acids is 2. The topological polar surface area (TPSA) is 102 Å². The van der Waals surface area contributed by atoms with Crippen LogP contribution in [0.15, 0.2) is 29.2 Å². The van der Waals surface area contributed by atoms with Crippen molar-refractivity contribution in [1.82, 2.24) is 4.90 Å². The number of rotatable bonds is 5. The average molecular weight is 455 g/mol. The van der Waals surface area contributed by atoms with E-state index < -0.39 is 27.6 Å². The molecular weight excluding hydrogens is 424 g/mol. The normalized spacial score (nSPS) is 20.6. The molecule has 1 atom stereocenters. The first kappa shape index (κ1) is 23.3. The maximum absolute atomic E-state index is 12.3. The largest absolute Gasteiger partial charge is 0.444 e. The molecule has 2 fully saturated rings. The molecule has 0 radical (unpaired) electrons. The van der Waals surface area contributed by atoms with Gasteiger partial charge in [-0.15, -0.1) is 0 Å². The number of hydrogen-bond acceptors (Lipinski definition) is 7. The Morgan fingerprint density at radius 3 is 2.52 bits per heavy atom. The van der Waals surface area contributed by atoms with Gasteiger partial charge < -0.3 is 19.1 Å². The van der Waals surface area contributed by atoms with E-state index >= 15 is 0 Å². The van der Waals surface area contributed by atoms with Crippen LogP contribution in [0.25, 0.3) is 0 Å². The number of cyclic esters (lactones) is 1. The van der Waals surface area contributed by atoms with Gasteiger partial charge in [0.1, 0.15) is 11.7 Å². The number of nitrogens with zero attached hydrogens (tertiary/aromatic N) is 2. The van der Waals surface area contributed by atoms with Gasteiger partial charge in [0.15, 0.2) is 9.84 Å². The van der Waals surface area contributed by atoms with Crippen molar-refractivity contribution in [2.45, 2.75) is 56.3 Å². The van der Waals surface area contributed by atoms with Gasteiger partial charge in [0, 0.05) is 25.0 Å². The third-order valence-electron chi connectivity index (χ3n) is 5.04. The number of carbonyl (C=O) groups is 2. The lowest BCUT2D eigenvalue weighted by atomic mass is 10.1. The summed E-state index contributed by atoms with van der Waals surface area (Å²) in [7, 11) is -3.37. The van der Waals surface area contributed by atoms with Gasteiger partial charge in [0.2, 0.25) is 0 Å². The van der Waals surface area contributed by atoms with Gasteiger partial charge in [0.05, 0.1) is 24.2 Å². The molecule has 0 N–H and O–H groups in total. The Morgan fingerprint density at radius 2 is 1.90 bits per heavy atom. The molecule has 2 heterocycles. The highest BCUT2D eigenvalue weighted by molar-refractivity contribution is 7.90. The number of anilines is 1. The fourth-order valence-electron chi connectivity index (χ4n) is 3.48. The van der Waals surface area contributed by atoms with Gasteiger partial charge in [-0.3, -0.25) is 4.90 Å². The van der Waals surface area contributed by atoms with Crippen molar-refractivity contribution >= 4 is 27.7 Å². The highest BCUT2D eigenvalue weighted by atomic mass is 32.2. The summed E-state index contributed by atoms with van der Waals surface area (Å²) in [6.45, 7) is 7.13. The fourth-order valence-corrected chi connectivity index (χ4v) is 4.14. The molecule has 31 heavy (non-hydrogen) atoms. The highest BCUT2D eigenvalue weighted by Gasteiger charge is 2.34. The minimum absolute atomic E-state index is 0.0278. The molecule has 10 heteroatoms. The predicted molar refractivity (Wildman–Crippen MR) is 114 cm³/mol. The second kappa shape index (κ2) is 9.04. The number of amides is 2. The van der Waals surface area contributed by atoms with Crippen molar-refractivity contribution in [3.05, 3.63) is 24.3 Å². The Morgan fingerprint density at radius 1 is 1.23 bits per heavy atom. The summed E-state index contributed by atoms with van der Waals surface area (Å²) in [6, 6.07) is 6.23. The minimum Gasteiger partial charge on any atom is -0.444 e. The Hall–Kier alpha value is -2.33. The molecule has 0 bridgehead atoms. The molecule has 2 aliphatic heterocycles. The van der Waals surface area contributed by atoms with Gasteiger partial charge >= 0.3 is 12.2 Å². The van der Waals surface area contributed by atoms with E-state index in [0.717, 1.165) is 6.26 Å². The molecular formula is C21H30N2O7S. The number of ether oxygens (including phenoxy) is 3. The Kier molecular flexibility index (Phi) is 6.80. The first-order valence-electron chi connectivity index (χ1n) is 10.3. The Balaban J connectivity index is 1.48. The second-order valence-electron chi connectivity index (χ2n) is 8.89. The number of likely N-dealkylation sites (tertiary alicyclic amines) is 1. The van der Waals surface area contributed by atoms with Crippen molar-refractivity contribution in [2.75, 3.05) is 37.4 Å². The lowest BCUT2D eigenvalue weighted by Gasteiger charge is -2.33. The summed E-state index contributed by atoms with van der Waals surface area (Å²) in [4.78, 5) is 27.6. The quantitative estimate of drug-likeness (QED) is 0.674. The molecule has 1 aromatic carbocycles. The molecule has 0 saturated carbocycles. The van der Waals surface area contributed by atoms with E-state index in [-0.39, 0.29) is 30.2 Å². The predicted octanol–water partition coefficient (Wildman–Crippen LogP) is 2.83. The number of sulfone groups is 1. The summed E-state index contributed by atoms with van der Waals surface area (Å²) < 4.78 is 40.2. The number of benzene rings is 1. The molecule has 2 amide bonds. The summed E-state index contributed by atoms with van der Waals surface area (Å²) in [5.74, 6) is 0. The van der Waals surface area contributed by atoms with Gasteiger partial charge in [-0.25, -0.2) is 18.0 Å². The van der Waals surface area contributed by atoms with Gasteiger partial charge in [-0.05, 0) is 51.8 Å². The van der Waals surface area contributed by atoms with Crippen LogP contribution in [0.3, 0.4) is 0 Å². The molecule has 1 unspecified atom stereocenters. The minimum atomic E-state index is -3.37. The van der Waals surface area contributed by atoms with Crippen LogP contribution in [0.5, 0.6) is 0 Å². The smallest absolute Gasteiger partial charge is 0.414 e. The second-order valence-corrected chi connectivity index (χ2v) is 10.9. The maximum atomic E-state index is 12.3. The van der Waals surface area contributed by atoms with E-state index in [2.05, 4.69) is 0 Å². The lowest BCUT2D eigenvalue weighted by Crippen LogP contribution is -2.43. The van der Waals surface area contributed by atoms with Gasteiger partial charge in [-0.1, -0.05) is 6.07 Å². The van der Waals surface area contributed by atoms with E-state index in [1.54, 1.807) is 17.0 Å². The third kappa shape index (κ3) is 6.33. The van der Waals surface area contributed by atoms with E-state index in [9.17, 15) is 18.0 Å². The zero-order valence-electron chi connectivity index (χ0n) is 18.4. The fraction of sp³-hybridized carbons (Fsp3) is 0.619. The standard InChI is InChI=1S/C21H30N2O7S/c1-21(2,3)30-19(24)22-10-8-16(9-11-22)28-14-17-13-23(20(25)29-17)15-6-5-7-18(12-15)31(4,26)27/h5-7,12,16-17H,8-11,13-14H2,1-4H3. The van der Waals surface area contributed by atoms with E-state index in [4.69, 9.17) is 14.2 Å². The zero-order chi connectivity index (χ0) is 22.8. The summed E-state index contributed by atoms with van der Waals surface area (Å²) in [6.07, 6.45) is 1.17. The van der Waals surface area contributed by atoms with Gasteiger partial charge in [0.25, 0.3) is 0 Å². The van der Waals surface area contributed by atoms with Crippen molar-refractivity contribution in [1.29, 1.82) is 0 Å². The van der Waals surface area contributed by atoms with Crippen molar-refractivity contribution in [2.24, 2.45) is 0 Å². The first-order chi connectivity index (χ1) is 14.4. The van der Waals surface area contributed by atoms with Crippen LogP contribution in [-0.2, 0) is 24.0 Å². The van der Waals surface area contributed by atoms with Crippen molar-refractivity contribution in [3.8, 4) is 0 Å². The monoisotopic (exact) mass is 454 g/mol. The Bertz CT molecular complexity index is 918. The molecule has 9 nitrogen and oxygen atoms in total. The SMILES string of the molecule is CC(C)(C)OC(=O)N1CCC(OCC2CN(c3cccc(S(C)(=O)=O)c3)C(=O)O2)CC1. The lowest BCUT2D eigenvalue weighted by molar-refractivity contribution is -0.0335. The van der Waals surface area contributed by atoms with Crippen molar-refractivity contribution in [3.63, 3.8) is 0 Å². The van der Waals surface area contributed by atoms with Crippen LogP contribution in [0, 0.1) is 0 Å². The van der Waals surface area contributed by atoms with Gasteiger partial charge in [-0.2, -0.15) is 0 Å². The maximum Gasteiger partial charge on any atom is 0.414 e. The third-order valence-corrected chi connectivity index (χ3v) is 6.15. The van der Waals surface area contributed by atoms with Crippen LogP contribution in [0.4, 0.5) is 15.3 Å². The van der Waals surface area contributed by atoms with Crippen LogP contribution in [-0.4, -0.2) is 75.8 Å². The molecule has 0 spiro atoms. The highest BCUT2D eigenvalue weighted by Crippen LogP contribution is 2.25. The summed E-state index contributed by atoms with van der Waals surface area (Å²) in [5.41, 5.74) is -0.0511. The molecule has 172 valence electrons. The molecule has 3 rings (SSSR count). The van der Waals surface area contributed by atoms with Crippen molar-refractivity contribution < 1.29 is 32.2 Å². The summed E-state index contributed by atoms with van der Waals surface area (Å²) in [5, 5.41) is 0.